The van der Waals surface area contributed by atoms with Crippen molar-refractivity contribution in [1.82, 2.24) is 31.1 Å². The molecular formula is C22H32N6O2. The fourth-order valence-corrected chi connectivity index (χ4v) is 3.69. The first-order valence-electron chi connectivity index (χ1n) is 10.1. The predicted octanol–water partition coefficient (Wildman–Crippen LogP) is 0.618. The Kier molecular flexibility index (Phi) is 7.54. The number of carboxylic acids is 1. The molecule has 30 heavy (non-hydrogen) atoms. The summed E-state index contributed by atoms with van der Waals surface area (Å²) in [6.45, 7) is 0. The van der Waals surface area contributed by atoms with E-state index in [-0.39, 0.29) is 18.5 Å². The van der Waals surface area contributed by atoms with Gasteiger partial charge in [-0.2, -0.15) is 0 Å². The molecule has 0 aromatic heterocycles. The number of nitrogens with zero attached hydrogens (tertiary/aromatic N) is 2. The Morgan fingerprint density at radius 2 is 1.27 bits per heavy atom. The molecule has 5 N–H and O–H groups in total. The van der Waals surface area contributed by atoms with Gasteiger partial charge in [0.05, 0.1) is 0 Å². The van der Waals surface area contributed by atoms with Crippen LogP contribution in [0.25, 0.3) is 0 Å². The van der Waals surface area contributed by atoms with Gasteiger partial charge in [0, 0.05) is 5.92 Å². The molecule has 162 valence electrons. The van der Waals surface area contributed by atoms with Crippen molar-refractivity contribution in [1.29, 1.82) is 0 Å². The Labute approximate surface area is 178 Å². The molecule has 1 aliphatic rings. The zero-order valence-corrected chi connectivity index (χ0v) is 17.9. The molecule has 1 saturated heterocycles. The Bertz CT molecular complexity index is 746. The summed E-state index contributed by atoms with van der Waals surface area (Å²) < 4.78 is 0. The number of carboxylic acid groups (broad SMARTS) is 1. The highest BCUT2D eigenvalue weighted by Gasteiger charge is 2.36. The third-order valence-corrected chi connectivity index (χ3v) is 5.26. The molecule has 0 bridgehead atoms. The van der Waals surface area contributed by atoms with E-state index < -0.39 is 18.3 Å². The molecule has 1 aliphatic heterocycles. The van der Waals surface area contributed by atoms with Crippen LogP contribution in [0.3, 0.4) is 0 Å². The SMILES string of the molecule is CN(C)C1NC(NC(C(=O)O)C(c2ccccc2)c2ccccc2)NC(N(C)C)N1. The number of aliphatic carboxylic acids is 1. The van der Waals surface area contributed by atoms with Gasteiger partial charge in [-0.1, -0.05) is 60.7 Å². The zero-order chi connectivity index (χ0) is 21.7. The first-order valence-corrected chi connectivity index (χ1v) is 10.1. The largest absolute Gasteiger partial charge is 0.480 e. The van der Waals surface area contributed by atoms with E-state index in [0.717, 1.165) is 11.1 Å². The van der Waals surface area contributed by atoms with Gasteiger partial charge in [-0.25, -0.2) is 0 Å². The molecule has 0 radical (unpaired) electrons. The third-order valence-electron chi connectivity index (χ3n) is 5.26. The molecule has 1 heterocycles. The maximum atomic E-state index is 12.4. The van der Waals surface area contributed by atoms with Crippen LogP contribution in [0.5, 0.6) is 0 Å². The maximum absolute atomic E-state index is 12.4. The van der Waals surface area contributed by atoms with Crippen LogP contribution in [0.15, 0.2) is 60.7 Å². The first kappa shape index (κ1) is 22.4. The molecule has 0 aliphatic carbocycles. The van der Waals surface area contributed by atoms with Crippen molar-refractivity contribution in [3.05, 3.63) is 71.8 Å². The van der Waals surface area contributed by atoms with Crippen molar-refractivity contribution in [2.75, 3.05) is 28.2 Å². The maximum Gasteiger partial charge on any atom is 0.321 e. The van der Waals surface area contributed by atoms with Gasteiger partial charge in [-0.3, -0.25) is 35.9 Å². The second-order valence-corrected chi connectivity index (χ2v) is 7.95. The molecule has 2 aromatic carbocycles. The Hall–Kier alpha value is -2.33. The standard InChI is InChI=1S/C22H32N6O2/c1-27(2)21-24-20(25-22(26-21)28(3)4)23-18(19(29)30)17(15-11-7-5-8-12-15)16-13-9-6-10-14-16/h5-14,17-18,20-26H,1-4H3,(H,29,30). The molecule has 2 aromatic rings. The van der Waals surface area contributed by atoms with Gasteiger partial charge in [0.25, 0.3) is 0 Å². The highest BCUT2D eigenvalue weighted by atomic mass is 16.4. The minimum Gasteiger partial charge on any atom is -0.480 e. The summed E-state index contributed by atoms with van der Waals surface area (Å²) >= 11 is 0. The lowest BCUT2D eigenvalue weighted by Crippen LogP contribution is -2.77. The van der Waals surface area contributed by atoms with Crippen LogP contribution in [0.4, 0.5) is 0 Å². The van der Waals surface area contributed by atoms with E-state index >= 15 is 0 Å². The second-order valence-electron chi connectivity index (χ2n) is 7.95. The summed E-state index contributed by atoms with van der Waals surface area (Å²) in [5.74, 6) is -1.25. The molecule has 3 atom stereocenters. The second kappa shape index (κ2) is 10.1. The normalized spacial score (nSPS) is 23.1. The van der Waals surface area contributed by atoms with E-state index in [2.05, 4.69) is 21.3 Å². The highest BCUT2D eigenvalue weighted by Crippen LogP contribution is 2.28. The van der Waals surface area contributed by atoms with Crippen molar-refractivity contribution in [3.8, 4) is 0 Å². The van der Waals surface area contributed by atoms with E-state index in [9.17, 15) is 9.90 Å². The fourth-order valence-electron chi connectivity index (χ4n) is 3.69. The zero-order valence-electron chi connectivity index (χ0n) is 17.9. The van der Waals surface area contributed by atoms with E-state index in [1.165, 1.54) is 0 Å². The quantitative estimate of drug-likeness (QED) is 0.431. The van der Waals surface area contributed by atoms with Crippen LogP contribution in [0.1, 0.15) is 17.0 Å². The number of nitrogens with one attached hydrogen (secondary N) is 4. The molecule has 0 amide bonds. The smallest absolute Gasteiger partial charge is 0.321 e. The van der Waals surface area contributed by atoms with Gasteiger partial charge in [0.15, 0.2) is 0 Å². The first-order chi connectivity index (χ1) is 14.4. The van der Waals surface area contributed by atoms with Crippen LogP contribution in [-0.2, 0) is 4.79 Å². The van der Waals surface area contributed by atoms with Crippen molar-refractivity contribution >= 4 is 5.97 Å². The van der Waals surface area contributed by atoms with Crippen LogP contribution < -0.4 is 21.3 Å². The van der Waals surface area contributed by atoms with Gasteiger partial charge in [0.2, 0.25) is 0 Å². The Balaban J connectivity index is 1.91. The van der Waals surface area contributed by atoms with Crippen molar-refractivity contribution < 1.29 is 9.90 Å². The van der Waals surface area contributed by atoms with Gasteiger partial charge < -0.3 is 5.11 Å². The van der Waals surface area contributed by atoms with Crippen molar-refractivity contribution in [2.45, 2.75) is 30.8 Å². The molecule has 1 fully saturated rings. The van der Waals surface area contributed by atoms with Gasteiger partial charge in [0.1, 0.15) is 24.9 Å². The van der Waals surface area contributed by atoms with E-state index in [1.54, 1.807) is 0 Å². The lowest BCUT2D eigenvalue weighted by Gasteiger charge is -2.44. The molecule has 0 saturated carbocycles. The summed E-state index contributed by atoms with van der Waals surface area (Å²) in [5, 5.41) is 23.7. The Morgan fingerprint density at radius 1 is 0.833 bits per heavy atom. The van der Waals surface area contributed by atoms with Crippen LogP contribution in [-0.4, -0.2) is 74.0 Å². The van der Waals surface area contributed by atoms with E-state index in [1.807, 2.05) is 98.7 Å². The van der Waals surface area contributed by atoms with Gasteiger partial charge in [-0.05, 0) is 39.3 Å². The predicted molar refractivity (Wildman–Crippen MR) is 117 cm³/mol. The van der Waals surface area contributed by atoms with Gasteiger partial charge in [-0.15, -0.1) is 0 Å². The average Bonchev–Trinajstić information content (AvgIpc) is 2.74. The van der Waals surface area contributed by atoms with Crippen molar-refractivity contribution in [2.24, 2.45) is 0 Å². The molecule has 3 unspecified atom stereocenters. The number of benzene rings is 2. The Morgan fingerprint density at radius 3 is 1.63 bits per heavy atom. The fraction of sp³-hybridized carbons (Fsp3) is 0.409. The van der Waals surface area contributed by atoms with Crippen LogP contribution >= 0.6 is 0 Å². The average molecular weight is 413 g/mol. The minimum atomic E-state index is -0.905. The minimum absolute atomic E-state index is 0.127. The van der Waals surface area contributed by atoms with Crippen LogP contribution in [0, 0.1) is 0 Å². The lowest BCUT2D eigenvalue weighted by atomic mass is 9.85. The summed E-state index contributed by atoms with van der Waals surface area (Å²) in [6, 6.07) is 18.7. The number of rotatable bonds is 8. The molecule has 3 rings (SSSR count). The highest BCUT2D eigenvalue weighted by molar-refractivity contribution is 5.76. The molecular weight excluding hydrogens is 380 g/mol. The topological polar surface area (TPSA) is 91.9 Å². The van der Waals surface area contributed by atoms with Crippen molar-refractivity contribution in [3.63, 3.8) is 0 Å². The lowest BCUT2D eigenvalue weighted by molar-refractivity contribution is -0.140. The summed E-state index contributed by atoms with van der Waals surface area (Å²) in [5.41, 5.74) is 1.90. The third kappa shape index (κ3) is 5.42. The molecule has 8 nitrogen and oxygen atoms in total. The molecule has 8 heteroatoms. The van der Waals surface area contributed by atoms with E-state index in [4.69, 9.17) is 0 Å². The molecule has 0 spiro atoms. The summed E-state index contributed by atoms with van der Waals surface area (Å²) in [4.78, 5) is 16.5. The van der Waals surface area contributed by atoms with Gasteiger partial charge >= 0.3 is 5.97 Å². The van der Waals surface area contributed by atoms with Crippen LogP contribution in [0.2, 0.25) is 0 Å². The number of hydrogen-bond acceptors (Lipinski definition) is 7. The number of hydrogen-bond donors (Lipinski definition) is 5. The van der Waals surface area contributed by atoms with E-state index in [0.29, 0.717) is 0 Å². The summed E-state index contributed by atoms with van der Waals surface area (Å²) in [6.07, 6.45) is -0.669. The number of carbonyl (C=O) groups is 1. The monoisotopic (exact) mass is 412 g/mol. The summed E-state index contributed by atoms with van der Waals surface area (Å²) in [7, 11) is 7.85.